The van der Waals surface area contributed by atoms with E-state index >= 15 is 0 Å². The van der Waals surface area contributed by atoms with Crippen LogP contribution in [0.1, 0.15) is 168 Å². The number of nitrogens with zero attached hydrogens (tertiary/aromatic N) is 1. The first kappa shape index (κ1) is 53.0. The van der Waals surface area contributed by atoms with Crippen LogP contribution in [0.15, 0.2) is 39.7 Å². The molecule has 1 aliphatic heterocycles. The first-order valence-electron chi connectivity index (χ1n) is 28.0. The number of aliphatic hydroxyl groups excluding tert-OH is 3. The van der Waals surface area contributed by atoms with Crippen LogP contribution in [0.5, 0.6) is 11.5 Å². The number of nitrogens with two attached hydrogens (primary N) is 2. The summed E-state index contributed by atoms with van der Waals surface area (Å²) in [4.78, 5) is 8.70. The lowest BCUT2D eigenvalue weighted by Gasteiger charge is -2.46. The number of aliphatic hydroxyl groups is 3. The summed E-state index contributed by atoms with van der Waals surface area (Å²) >= 11 is 0. The maximum atomic E-state index is 11.4. The van der Waals surface area contributed by atoms with Gasteiger partial charge in [-0.2, -0.15) is 0 Å². The van der Waals surface area contributed by atoms with Crippen molar-refractivity contribution < 1.29 is 29.6 Å². The van der Waals surface area contributed by atoms with Crippen LogP contribution in [0.25, 0.3) is 0 Å². The van der Waals surface area contributed by atoms with E-state index in [9.17, 15) is 20.4 Å². The SMILES string of the molecule is CC(O)CNCC1c2cc(C(O)COc3cc(CCc4cc(CO)c(CCC5CCC6C7CSSCC(N=C(N)NC8CCCCC8)C(C)CCC6C(C5)CC7N)o4)ccc3O)[nH]c2CCC2CCCC21. The van der Waals surface area contributed by atoms with Gasteiger partial charge in [0.05, 0.1) is 18.8 Å². The standard InChI is InChI=1S/C57H88N6O6S2/c1-34-11-18-44-39-23-36(13-19-45(44)48(49(58)26-39)32-70-71-33-52(34)63-57(59)61-41-8-4-3-5-9-41)15-22-55-40(30-64)25-42(69-55)17-12-37-14-21-53(66)56(24-37)68-31-54(67)51-27-46-47(29-60-28-35(2)65)43-10-6-7-38(43)16-20-50(46)62-51/h14,21,24-25,27,34-36,38-39,41,43-45,47-49,52,54,60,62,64-67H,3-13,15-20,22-23,26,28-33,58H2,1-2H3,(H3,59,61,63). The molecule has 5 aliphatic carbocycles. The second kappa shape index (κ2) is 25.1. The van der Waals surface area contributed by atoms with Gasteiger partial charge in [0.15, 0.2) is 17.5 Å². The molecule has 0 amide bonds. The Labute approximate surface area is 432 Å². The maximum Gasteiger partial charge on any atom is 0.189 e. The van der Waals surface area contributed by atoms with Gasteiger partial charge in [0.1, 0.15) is 24.2 Å². The third-order valence-corrected chi connectivity index (χ3v) is 20.8. The van der Waals surface area contributed by atoms with Crippen LogP contribution in [0.2, 0.25) is 0 Å². The summed E-state index contributed by atoms with van der Waals surface area (Å²) in [5.41, 5.74) is 18.8. The molecule has 394 valence electrons. The number of H-pyrrole nitrogens is 1. The fraction of sp³-hybridized carbons (Fsp3) is 0.737. The van der Waals surface area contributed by atoms with Gasteiger partial charge in [-0.25, -0.2) is 4.99 Å². The van der Waals surface area contributed by atoms with Crippen LogP contribution < -0.4 is 26.8 Å². The molecule has 6 aliphatic rings. The summed E-state index contributed by atoms with van der Waals surface area (Å²) in [5.74, 6) is 10.2. The average Bonchev–Trinajstić information content (AvgIpc) is 4.08. The number of phenols is 1. The summed E-state index contributed by atoms with van der Waals surface area (Å²) in [7, 11) is 4.00. The minimum atomic E-state index is -0.883. The summed E-state index contributed by atoms with van der Waals surface area (Å²) < 4.78 is 12.7. The Morgan fingerprint density at radius 1 is 0.887 bits per heavy atom. The van der Waals surface area contributed by atoms with Crippen molar-refractivity contribution in [1.29, 1.82) is 0 Å². The van der Waals surface area contributed by atoms with Crippen molar-refractivity contribution in [1.82, 2.24) is 15.6 Å². The van der Waals surface area contributed by atoms with E-state index in [4.69, 9.17) is 25.6 Å². The molecule has 0 spiro atoms. The molecule has 0 radical (unpaired) electrons. The van der Waals surface area contributed by atoms with E-state index in [1.807, 2.05) is 46.7 Å². The molecule has 1 saturated heterocycles. The first-order valence-corrected chi connectivity index (χ1v) is 30.5. The Kier molecular flexibility index (Phi) is 18.8. The highest BCUT2D eigenvalue weighted by molar-refractivity contribution is 8.76. The van der Waals surface area contributed by atoms with E-state index in [-0.39, 0.29) is 31.0 Å². The third-order valence-electron chi connectivity index (χ3n) is 18.3. The minimum Gasteiger partial charge on any atom is -0.504 e. The van der Waals surface area contributed by atoms with Crippen molar-refractivity contribution in [2.24, 2.45) is 63.8 Å². The van der Waals surface area contributed by atoms with Crippen molar-refractivity contribution >= 4 is 27.5 Å². The van der Waals surface area contributed by atoms with E-state index in [1.165, 1.54) is 94.7 Å². The zero-order valence-electron chi connectivity index (χ0n) is 42.9. The number of fused-ring (bicyclic) bond motifs is 2. The molecular weight excluding hydrogens is 929 g/mol. The number of furan rings is 1. The molecule has 3 heterocycles. The summed E-state index contributed by atoms with van der Waals surface area (Å²) in [5, 5.41) is 49.7. The van der Waals surface area contributed by atoms with Crippen molar-refractivity contribution in [3.8, 4) is 11.5 Å². The molecule has 4 saturated carbocycles. The van der Waals surface area contributed by atoms with E-state index < -0.39 is 12.2 Å². The molecule has 3 aromatic rings. The van der Waals surface area contributed by atoms with Gasteiger partial charge in [-0.05, 0) is 167 Å². The lowest BCUT2D eigenvalue weighted by Crippen LogP contribution is -2.47. The van der Waals surface area contributed by atoms with Gasteiger partial charge >= 0.3 is 0 Å². The van der Waals surface area contributed by atoms with Crippen molar-refractivity contribution in [2.75, 3.05) is 31.2 Å². The number of hydrogen-bond acceptors (Lipinski definition) is 11. The van der Waals surface area contributed by atoms with Crippen molar-refractivity contribution in [3.05, 3.63) is 69.9 Å². The van der Waals surface area contributed by atoms with E-state index in [0.29, 0.717) is 84.5 Å². The molecular formula is C57H88N6O6S2. The Morgan fingerprint density at radius 2 is 1.72 bits per heavy atom. The average molecular weight is 1020 g/mol. The van der Waals surface area contributed by atoms with Gasteiger partial charge in [-0.15, -0.1) is 0 Å². The van der Waals surface area contributed by atoms with Crippen molar-refractivity contribution in [2.45, 2.75) is 185 Å². The fourth-order valence-electron chi connectivity index (χ4n) is 14.4. The molecule has 4 bridgehead atoms. The fourth-order valence-corrected chi connectivity index (χ4v) is 17.2. The zero-order chi connectivity index (χ0) is 49.4. The molecule has 13 unspecified atom stereocenters. The second-order valence-corrected chi connectivity index (χ2v) is 25.7. The van der Waals surface area contributed by atoms with Crippen LogP contribution in [0.4, 0.5) is 0 Å². The third kappa shape index (κ3) is 13.5. The minimum absolute atomic E-state index is 0.00689. The molecule has 71 heavy (non-hydrogen) atoms. The first-order chi connectivity index (χ1) is 34.5. The highest BCUT2D eigenvalue weighted by Gasteiger charge is 2.46. The van der Waals surface area contributed by atoms with Gasteiger partial charge < -0.3 is 56.7 Å². The normalized spacial score (nSPS) is 31.6. The molecule has 2 aromatic heterocycles. The highest BCUT2D eigenvalue weighted by Crippen LogP contribution is 2.52. The number of aromatic hydroxyl groups is 1. The number of aromatic nitrogens is 1. The molecule has 1 aromatic carbocycles. The topological polar surface area (TPSA) is 208 Å². The molecule has 12 nitrogen and oxygen atoms in total. The van der Waals surface area contributed by atoms with Crippen LogP contribution in [0, 0.1) is 47.3 Å². The highest BCUT2D eigenvalue weighted by atomic mass is 33.1. The van der Waals surface area contributed by atoms with E-state index in [1.54, 1.807) is 6.07 Å². The van der Waals surface area contributed by atoms with Gasteiger partial charge in [-0.1, -0.05) is 73.1 Å². The largest absolute Gasteiger partial charge is 0.504 e. The number of aromatic amines is 1. The number of benzene rings is 1. The molecule has 14 heteroatoms. The quantitative estimate of drug-likeness (QED) is 0.0352. The number of guanidine groups is 1. The van der Waals surface area contributed by atoms with Crippen molar-refractivity contribution in [3.63, 3.8) is 0 Å². The molecule has 5 fully saturated rings. The van der Waals surface area contributed by atoms with Gasteiger partial charge in [-0.3, -0.25) is 0 Å². The summed E-state index contributed by atoms with van der Waals surface area (Å²) in [6.07, 6.45) is 21.4. The molecule has 11 N–H and O–H groups in total. The van der Waals surface area contributed by atoms with E-state index in [2.05, 4.69) is 28.6 Å². The Hall–Kier alpha value is -2.85. The van der Waals surface area contributed by atoms with Gasteiger partial charge in [0.25, 0.3) is 0 Å². The predicted octanol–water partition coefficient (Wildman–Crippen LogP) is 9.47. The zero-order valence-corrected chi connectivity index (χ0v) is 44.5. The Morgan fingerprint density at radius 3 is 2.55 bits per heavy atom. The summed E-state index contributed by atoms with van der Waals surface area (Å²) in [6, 6.07) is 10.5. The van der Waals surface area contributed by atoms with Crippen LogP contribution >= 0.6 is 21.6 Å². The van der Waals surface area contributed by atoms with Crippen LogP contribution in [-0.4, -0.2) is 86.8 Å². The molecule has 9 rings (SSSR count). The predicted molar refractivity (Wildman–Crippen MR) is 289 cm³/mol. The van der Waals surface area contributed by atoms with Crippen LogP contribution in [-0.2, 0) is 32.3 Å². The maximum absolute atomic E-state index is 11.4. The smallest absolute Gasteiger partial charge is 0.189 e. The van der Waals surface area contributed by atoms with E-state index in [0.717, 1.165) is 84.4 Å². The van der Waals surface area contributed by atoms with Crippen LogP contribution in [0.3, 0.4) is 0 Å². The second-order valence-electron chi connectivity index (χ2n) is 23.2. The number of ether oxygens (including phenoxy) is 1. The lowest BCUT2D eigenvalue weighted by atomic mass is 9.62. The van der Waals surface area contributed by atoms with Gasteiger partial charge in [0, 0.05) is 72.4 Å². The number of nitrogens with one attached hydrogen (secondary N) is 3. The number of hydrogen-bond donors (Lipinski definition) is 9. The summed E-state index contributed by atoms with van der Waals surface area (Å²) in [6.45, 7) is 5.56. The molecule has 13 atom stereocenters. The lowest BCUT2D eigenvalue weighted by molar-refractivity contribution is 0.0716. The number of rotatable bonds is 17. The Balaban J connectivity index is 0.779. The van der Waals surface area contributed by atoms with Gasteiger partial charge in [0.2, 0.25) is 0 Å². The number of aryl methyl sites for hydroxylation is 4. The monoisotopic (exact) mass is 1020 g/mol. The number of aliphatic imine (C=N–C) groups is 1. The number of phenolic OH excluding ortho intramolecular Hbond substituents is 1. The Bertz CT molecular complexity index is 2180.